The highest BCUT2D eigenvalue weighted by molar-refractivity contribution is 5.46. The zero-order valence-electron chi connectivity index (χ0n) is 9.89. The van der Waals surface area contributed by atoms with E-state index in [4.69, 9.17) is 10.5 Å². The summed E-state index contributed by atoms with van der Waals surface area (Å²) in [7, 11) is 1.76. The minimum Gasteiger partial charge on any atom is -0.397 e. The molecule has 0 bridgehead atoms. The standard InChI is InChI=1S/C12H19N3O/c1-9-6-15(7-10(9)8-16-2)12-4-3-11(13)5-14-12/h3-5,9-10H,6-8,13H2,1-2H3/t9-,10-/m1/s1. The fraction of sp³-hybridized carbons (Fsp3) is 0.583. The van der Waals surface area contributed by atoms with Gasteiger partial charge in [-0.1, -0.05) is 6.92 Å². The molecule has 2 atom stereocenters. The van der Waals surface area contributed by atoms with Crippen LogP contribution >= 0.6 is 0 Å². The Hall–Kier alpha value is -1.29. The molecule has 0 spiro atoms. The normalized spacial score (nSPS) is 25.0. The van der Waals surface area contributed by atoms with Crippen molar-refractivity contribution in [2.75, 3.05) is 37.4 Å². The Bertz CT molecular complexity index is 339. The number of aromatic nitrogens is 1. The number of rotatable bonds is 3. The summed E-state index contributed by atoms with van der Waals surface area (Å²) in [6.07, 6.45) is 1.71. The Morgan fingerprint density at radius 1 is 1.50 bits per heavy atom. The van der Waals surface area contributed by atoms with Gasteiger partial charge in [0.2, 0.25) is 0 Å². The molecule has 0 saturated carbocycles. The molecule has 1 aliphatic rings. The van der Waals surface area contributed by atoms with E-state index in [0.717, 1.165) is 25.5 Å². The molecule has 0 amide bonds. The van der Waals surface area contributed by atoms with Crippen LogP contribution in [0.2, 0.25) is 0 Å². The molecule has 4 nitrogen and oxygen atoms in total. The van der Waals surface area contributed by atoms with Gasteiger partial charge in [-0.3, -0.25) is 0 Å². The summed E-state index contributed by atoms with van der Waals surface area (Å²) < 4.78 is 5.23. The Labute approximate surface area is 96.4 Å². The largest absolute Gasteiger partial charge is 0.397 e. The van der Waals surface area contributed by atoms with Crippen molar-refractivity contribution >= 4 is 11.5 Å². The number of methoxy groups -OCH3 is 1. The average Bonchev–Trinajstić information content (AvgIpc) is 2.62. The molecule has 2 rings (SSSR count). The molecule has 2 heterocycles. The zero-order valence-corrected chi connectivity index (χ0v) is 9.89. The second kappa shape index (κ2) is 4.70. The van der Waals surface area contributed by atoms with Crippen molar-refractivity contribution < 1.29 is 4.74 Å². The second-order valence-electron chi connectivity index (χ2n) is 4.55. The monoisotopic (exact) mass is 221 g/mol. The molecule has 1 aliphatic heterocycles. The third-order valence-electron chi connectivity index (χ3n) is 3.24. The number of pyridine rings is 1. The molecule has 1 aromatic rings. The molecule has 1 saturated heterocycles. The summed E-state index contributed by atoms with van der Waals surface area (Å²) in [6.45, 7) is 5.16. The van der Waals surface area contributed by atoms with Crippen molar-refractivity contribution in [3.05, 3.63) is 18.3 Å². The van der Waals surface area contributed by atoms with Gasteiger partial charge in [0.25, 0.3) is 0 Å². The number of nitrogens with two attached hydrogens (primary N) is 1. The smallest absolute Gasteiger partial charge is 0.128 e. The molecule has 0 aliphatic carbocycles. The Kier molecular flexibility index (Phi) is 3.29. The molecule has 0 radical (unpaired) electrons. The SMILES string of the molecule is COC[C@H]1CN(c2ccc(N)cn2)C[C@H]1C. The lowest BCUT2D eigenvalue weighted by Gasteiger charge is -2.17. The number of ether oxygens (including phenoxy) is 1. The van der Waals surface area contributed by atoms with E-state index in [2.05, 4.69) is 16.8 Å². The second-order valence-corrected chi connectivity index (χ2v) is 4.55. The quantitative estimate of drug-likeness (QED) is 0.838. The summed E-state index contributed by atoms with van der Waals surface area (Å²) in [6, 6.07) is 3.88. The van der Waals surface area contributed by atoms with Crippen molar-refractivity contribution in [3.63, 3.8) is 0 Å². The Morgan fingerprint density at radius 3 is 2.94 bits per heavy atom. The number of anilines is 2. The van der Waals surface area contributed by atoms with Crippen molar-refractivity contribution in [1.29, 1.82) is 0 Å². The zero-order chi connectivity index (χ0) is 11.5. The van der Waals surface area contributed by atoms with Gasteiger partial charge in [0.1, 0.15) is 5.82 Å². The van der Waals surface area contributed by atoms with E-state index in [-0.39, 0.29) is 0 Å². The Balaban J connectivity index is 2.04. The van der Waals surface area contributed by atoms with Crippen molar-refractivity contribution in [2.45, 2.75) is 6.92 Å². The molecular formula is C12H19N3O. The van der Waals surface area contributed by atoms with E-state index in [0.29, 0.717) is 17.5 Å². The first kappa shape index (κ1) is 11.2. The first-order valence-electron chi connectivity index (χ1n) is 5.66. The molecule has 1 aromatic heterocycles. The lowest BCUT2D eigenvalue weighted by Crippen LogP contribution is -2.21. The van der Waals surface area contributed by atoms with Gasteiger partial charge in [0.15, 0.2) is 0 Å². The fourth-order valence-corrected chi connectivity index (χ4v) is 2.24. The van der Waals surface area contributed by atoms with Crippen LogP contribution in [0.5, 0.6) is 0 Å². The lowest BCUT2D eigenvalue weighted by molar-refractivity contribution is 0.144. The van der Waals surface area contributed by atoms with Gasteiger partial charge in [0.05, 0.1) is 18.5 Å². The summed E-state index contributed by atoms with van der Waals surface area (Å²) in [4.78, 5) is 6.65. The van der Waals surface area contributed by atoms with Crippen LogP contribution in [-0.4, -0.2) is 31.8 Å². The maximum Gasteiger partial charge on any atom is 0.128 e. The maximum absolute atomic E-state index is 5.63. The van der Waals surface area contributed by atoms with Crippen LogP contribution in [0.25, 0.3) is 0 Å². The predicted molar refractivity (Wildman–Crippen MR) is 65.4 cm³/mol. The van der Waals surface area contributed by atoms with E-state index in [9.17, 15) is 0 Å². The van der Waals surface area contributed by atoms with E-state index < -0.39 is 0 Å². The Morgan fingerprint density at radius 2 is 2.31 bits per heavy atom. The third kappa shape index (κ3) is 2.27. The van der Waals surface area contributed by atoms with Crippen LogP contribution in [0.1, 0.15) is 6.92 Å². The van der Waals surface area contributed by atoms with E-state index in [1.165, 1.54) is 0 Å². The highest BCUT2D eigenvalue weighted by Gasteiger charge is 2.29. The first-order chi connectivity index (χ1) is 7.70. The van der Waals surface area contributed by atoms with Crippen molar-refractivity contribution in [2.24, 2.45) is 11.8 Å². The summed E-state index contributed by atoms with van der Waals surface area (Å²) >= 11 is 0. The molecule has 2 N–H and O–H groups in total. The third-order valence-corrected chi connectivity index (χ3v) is 3.24. The van der Waals surface area contributed by atoms with Crippen LogP contribution in [-0.2, 0) is 4.74 Å². The van der Waals surface area contributed by atoms with Crippen LogP contribution in [0, 0.1) is 11.8 Å². The number of hydrogen-bond acceptors (Lipinski definition) is 4. The molecule has 0 aromatic carbocycles. The van der Waals surface area contributed by atoms with Gasteiger partial charge in [0, 0.05) is 26.1 Å². The minimum atomic E-state index is 0.601. The van der Waals surface area contributed by atoms with Gasteiger partial charge >= 0.3 is 0 Å². The van der Waals surface area contributed by atoms with Gasteiger partial charge in [-0.15, -0.1) is 0 Å². The van der Waals surface area contributed by atoms with Crippen LogP contribution in [0.15, 0.2) is 18.3 Å². The van der Waals surface area contributed by atoms with Gasteiger partial charge in [-0.2, -0.15) is 0 Å². The summed E-state index contributed by atoms with van der Waals surface area (Å²) in [5, 5.41) is 0. The average molecular weight is 221 g/mol. The molecular weight excluding hydrogens is 202 g/mol. The fourth-order valence-electron chi connectivity index (χ4n) is 2.24. The summed E-state index contributed by atoms with van der Waals surface area (Å²) in [5.74, 6) is 2.27. The molecule has 0 unspecified atom stereocenters. The van der Waals surface area contributed by atoms with Crippen molar-refractivity contribution in [3.8, 4) is 0 Å². The topological polar surface area (TPSA) is 51.4 Å². The van der Waals surface area contributed by atoms with E-state index in [1.54, 1.807) is 13.3 Å². The summed E-state index contributed by atoms with van der Waals surface area (Å²) in [5.41, 5.74) is 6.34. The van der Waals surface area contributed by atoms with Gasteiger partial charge in [-0.05, 0) is 18.1 Å². The van der Waals surface area contributed by atoms with E-state index in [1.807, 2.05) is 12.1 Å². The first-order valence-corrected chi connectivity index (χ1v) is 5.66. The van der Waals surface area contributed by atoms with E-state index >= 15 is 0 Å². The maximum atomic E-state index is 5.63. The lowest BCUT2D eigenvalue weighted by atomic mass is 10.00. The molecule has 88 valence electrons. The number of nitrogen functional groups attached to an aromatic ring is 1. The van der Waals surface area contributed by atoms with Crippen LogP contribution in [0.4, 0.5) is 11.5 Å². The highest BCUT2D eigenvalue weighted by atomic mass is 16.5. The van der Waals surface area contributed by atoms with Crippen molar-refractivity contribution in [1.82, 2.24) is 4.98 Å². The molecule has 16 heavy (non-hydrogen) atoms. The molecule has 4 heteroatoms. The highest BCUT2D eigenvalue weighted by Crippen LogP contribution is 2.27. The van der Waals surface area contributed by atoms with Crippen LogP contribution in [0.3, 0.4) is 0 Å². The van der Waals surface area contributed by atoms with Gasteiger partial charge < -0.3 is 15.4 Å². The number of hydrogen-bond donors (Lipinski definition) is 1. The van der Waals surface area contributed by atoms with Gasteiger partial charge in [-0.25, -0.2) is 4.98 Å². The minimum absolute atomic E-state index is 0.601. The molecule has 1 fully saturated rings. The van der Waals surface area contributed by atoms with Crippen LogP contribution < -0.4 is 10.6 Å². The number of nitrogens with zero attached hydrogens (tertiary/aromatic N) is 2. The predicted octanol–water partition coefficient (Wildman–Crippen LogP) is 1.38.